The van der Waals surface area contributed by atoms with Crippen LogP contribution >= 0.6 is 0 Å². The van der Waals surface area contributed by atoms with Gasteiger partial charge in [-0.1, -0.05) is 6.07 Å². The van der Waals surface area contributed by atoms with Crippen molar-refractivity contribution in [3.05, 3.63) is 81.0 Å². The molecule has 14 nitrogen and oxygen atoms in total. The maximum atomic E-state index is 11.9. The lowest BCUT2D eigenvalue weighted by Crippen LogP contribution is -2.06. The summed E-state index contributed by atoms with van der Waals surface area (Å²) in [5.74, 6) is 0.0911. The van der Waals surface area contributed by atoms with E-state index in [1.54, 1.807) is 48.7 Å². The molecule has 0 aliphatic carbocycles. The van der Waals surface area contributed by atoms with Crippen LogP contribution in [0, 0.1) is 20.2 Å². The third kappa shape index (κ3) is 5.66. The highest BCUT2D eigenvalue weighted by atomic mass is 16.6. The molecule has 0 aliphatic heterocycles. The summed E-state index contributed by atoms with van der Waals surface area (Å²) in [5.41, 5.74) is 1.03. The van der Waals surface area contributed by atoms with Gasteiger partial charge in [0.1, 0.15) is 23.7 Å². The minimum Gasteiger partial charge on any atom is -0.473 e. The zero-order chi connectivity index (χ0) is 26.4. The van der Waals surface area contributed by atoms with Crippen molar-refractivity contribution in [2.45, 2.75) is 0 Å². The lowest BCUT2D eigenvalue weighted by atomic mass is 10.1. The average molecular weight is 509 g/mol. The van der Waals surface area contributed by atoms with Gasteiger partial charge in [-0.15, -0.1) is 5.10 Å². The lowest BCUT2D eigenvalue weighted by Gasteiger charge is -2.13. The second kappa shape index (κ2) is 11.2. The number of ether oxygens (including phenoxy) is 1. The van der Waals surface area contributed by atoms with E-state index in [4.69, 9.17) is 14.9 Å². The van der Waals surface area contributed by atoms with Gasteiger partial charge in [-0.05, 0) is 42.5 Å². The number of nitro benzene ring substituents is 2. The molecule has 2 aromatic carbocycles. The third-order valence-corrected chi connectivity index (χ3v) is 5.21. The predicted molar refractivity (Wildman–Crippen MR) is 136 cm³/mol. The van der Waals surface area contributed by atoms with Crippen LogP contribution < -0.4 is 20.7 Å². The van der Waals surface area contributed by atoms with Gasteiger partial charge < -0.3 is 30.9 Å². The number of benzene rings is 2. The molecule has 0 fully saturated rings. The third-order valence-electron chi connectivity index (χ3n) is 5.21. The highest BCUT2D eigenvalue weighted by Crippen LogP contribution is 2.41. The summed E-state index contributed by atoms with van der Waals surface area (Å²) >= 11 is 0. The van der Waals surface area contributed by atoms with Crippen LogP contribution in [0.25, 0.3) is 5.52 Å². The van der Waals surface area contributed by atoms with Crippen molar-refractivity contribution in [3.8, 4) is 5.88 Å². The van der Waals surface area contributed by atoms with Crippen molar-refractivity contribution in [1.82, 2.24) is 9.61 Å². The number of pyridine rings is 1. The highest BCUT2D eigenvalue weighted by Gasteiger charge is 2.27. The first-order valence-corrected chi connectivity index (χ1v) is 11.1. The van der Waals surface area contributed by atoms with E-state index in [9.17, 15) is 20.2 Å². The molecule has 37 heavy (non-hydrogen) atoms. The van der Waals surface area contributed by atoms with Gasteiger partial charge in [-0.25, -0.2) is 4.52 Å². The summed E-state index contributed by atoms with van der Waals surface area (Å²) in [6.07, 6.45) is 1.66. The monoisotopic (exact) mass is 509 g/mol. The van der Waals surface area contributed by atoms with Crippen molar-refractivity contribution in [1.29, 1.82) is 0 Å². The number of nitrogens with zero attached hydrogens (tertiary/aromatic N) is 4. The van der Waals surface area contributed by atoms with Crippen molar-refractivity contribution >= 4 is 45.3 Å². The Morgan fingerprint density at radius 3 is 2.22 bits per heavy atom. The Morgan fingerprint density at radius 2 is 1.57 bits per heavy atom. The quantitative estimate of drug-likeness (QED) is 0.139. The SMILES string of the molecule is O=[N+]([O-])c1cc([N+](=O)[O-])c(Nc2c(OCCO)nn3ccccc23)cc1Nc1ccc(NCCO)cc1. The number of rotatable bonds is 12. The second-order valence-corrected chi connectivity index (χ2v) is 7.66. The Hall–Kier alpha value is -4.95. The average Bonchev–Trinajstić information content (AvgIpc) is 3.24. The molecule has 0 atom stereocenters. The molecule has 0 bridgehead atoms. The summed E-state index contributed by atoms with van der Waals surface area (Å²) in [5, 5.41) is 54.9. The van der Waals surface area contributed by atoms with Gasteiger partial charge in [0.25, 0.3) is 17.3 Å². The number of aromatic nitrogens is 2. The molecular weight excluding hydrogens is 486 g/mol. The first-order valence-electron chi connectivity index (χ1n) is 11.1. The van der Waals surface area contributed by atoms with E-state index in [0.29, 0.717) is 17.7 Å². The first-order chi connectivity index (χ1) is 17.9. The molecule has 0 aliphatic rings. The van der Waals surface area contributed by atoms with E-state index in [1.165, 1.54) is 10.6 Å². The van der Waals surface area contributed by atoms with E-state index in [1.807, 2.05) is 0 Å². The van der Waals surface area contributed by atoms with Gasteiger partial charge >= 0.3 is 0 Å². The number of aliphatic hydroxyl groups is 2. The topological polar surface area (TPSA) is 189 Å². The lowest BCUT2D eigenvalue weighted by molar-refractivity contribution is -0.393. The first kappa shape index (κ1) is 25.2. The normalized spacial score (nSPS) is 10.8. The van der Waals surface area contributed by atoms with Crippen molar-refractivity contribution < 1.29 is 24.8 Å². The fraction of sp³-hybridized carbons (Fsp3) is 0.174. The largest absolute Gasteiger partial charge is 0.473 e. The Bertz CT molecular complexity index is 1420. The van der Waals surface area contributed by atoms with Crippen LogP contribution in [-0.2, 0) is 0 Å². The Labute approximate surface area is 209 Å². The number of nitro groups is 2. The summed E-state index contributed by atoms with van der Waals surface area (Å²) in [4.78, 5) is 22.2. The smallest absolute Gasteiger partial charge is 0.299 e. The highest BCUT2D eigenvalue weighted by molar-refractivity contribution is 5.88. The van der Waals surface area contributed by atoms with Crippen molar-refractivity contribution in [3.63, 3.8) is 0 Å². The molecular formula is C23H23N7O7. The van der Waals surface area contributed by atoms with Crippen LogP contribution in [0.15, 0.2) is 60.8 Å². The van der Waals surface area contributed by atoms with Gasteiger partial charge in [0.2, 0.25) is 0 Å². The molecule has 0 saturated heterocycles. The van der Waals surface area contributed by atoms with Gasteiger partial charge in [0.05, 0.1) is 34.6 Å². The Kier molecular flexibility index (Phi) is 7.61. The standard InChI is InChI=1S/C23H23N7O7/c31-10-8-24-15-4-6-16(7-5-15)25-17-13-18(21(30(35)36)14-20(17)29(33)34)26-22-19-3-1-2-9-28(19)27-23(22)37-12-11-32/h1-7,9,13-14,24-26,31-32H,8,10-12H2. The number of anilines is 5. The zero-order valence-electron chi connectivity index (χ0n) is 19.3. The predicted octanol–water partition coefficient (Wildman–Crippen LogP) is 3.41. The van der Waals surface area contributed by atoms with Gasteiger partial charge in [0.15, 0.2) is 0 Å². The van der Waals surface area contributed by atoms with E-state index in [2.05, 4.69) is 21.0 Å². The summed E-state index contributed by atoms with van der Waals surface area (Å²) in [6, 6.07) is 14.1. The van der Waals surface area contributed by atoms with Crippen LogP contribution in [0.3, 0.4) is 0 Å². The van der Waals surface area contributed by atoms with Crippen molar-refractivity contribution in [2.75, 3.05) is 42.3 Å². The molecule has 2 heterocycles. The molecule has 0 amide bonds. The number of fused-ring (bicyclic) bond motifs is 1. The molecule has 4 rings (SSSR count). The van der Waals surface area contributed by atoms with E-state index < -0.39 is 21.2 Å². The molecule has 192 valence electrons. The van der Waals surface area contributed by atoms with Crippen LogP contribution in [0.1, 0.15) is 0 Å². The van der Waals surface area contributed by atoms with Crippen LogP contribution in [0.5, 0.6) is 5.88 Å². The molecule has 5 N–H and O–H groups in total. The van der Waals surface area contributed by atoms with Crippen LogP contribution in [0.2, 0.25) is 0 Å². The van der Waals surface area contributed by atoms with Gasteiger partial charge in [-0.3, -0.25) is 20.2 Å². The zero-order valence-corrected chi connectivity index (χ0v) is 19.3. The molecule has 2 aromatic heterocycles. The fourth-order valence-electron chi connectivity index (χ4n) is 3.58. The fourth-order valence-corrected chi connectivity index (χ4v) is 3.58. The van der Waals surface area contributed by atoms with E-state index in [0.717, 1.165) is 11.8 Å². The molecule has 14 heteroatoms. The number of nitrogens with one attached hydrogen (secondary N) is 3. The number of hydrogen-bond donors (Lipinski definition) is 5. The molecule has 0 saturated carbocycles. The summed E-state index contributed by atoms with van der Waals surface area (Å²) in [7, 11) is 0. The van der Waals surface area contributed by atoms with Crippen molar-refractivity contribution in [2.24, 2.45) is 0 Å². The van der Waals surface area contributed by atoms with Crippen LogP contribution in [0.4, 0.5) is 39.8 Å². The Morgan fingerprint density at radius 1 is 0.892 bits per heavy atom. The molecule has 0 unspecified atom stereocenters. The van der Waals surface area contributed by atoms with E-state index in [-0.39, 0.29) is 42.8 Å². The summed E-state index contributed by atoms with van der Waals surface area (Å²) in [6.45, 7) is -0.00233. The maximum Gasteiger partial charge on any atom is 0.299 e. The van der Waals surface area contributed by atoms with Gasteiger partial charge in [0, 0.05) is 24.1 Å². The molecule has 4 aromatic rings. The molecule has 0 radical (unpaired) electrons. The summed E-state index contributed by atoms with van der Waals surface area (Å²) < 4.78 is 7.01. The molecule has 0 spiro atoms. The minimum absolute atomic E-state index is 0.0171. The number of hydrogen-bond acceptors (Lipinski definition) is 11. The second-order valence-electron chi connectivity index (χ2n) is 7.66. The minimum atomic E-state index is -0.722. The van der Waals surface area contributed by atoms with Crippen LogP contribution in [-0.4, -0.2) is 56.0 Å². The van der Waals surface area contributed by atoms with Gasteiger partial charge in [-0.2, -0.15) is 0 Å². The number of aliphatic hydroxyl groups excluding tert-OH is 2. The maximum absolute atomic E-state index is 11.9. The Balaban J connectivity index is 1.76. The van der Waals surface area contributed by atoms with E-state index >= 15 is 0 Å².